The van der Waals surface area contributed by atoms with E-state index >= 15 is 0 Å². The zero-order valence-corrected chi connectivity index (χ0v) is 16.1. The Kier molecular flexibility index (Phi) is 9.75. The molecule has 3 rings (SSSR count). The molecule has 2 heterocycles. The van der Waals surface area contributed by atoms with E-state index in [0.717, 1.165) is 32.4 Å². The molecule has 2 aliphatic rings. The number of nitrogens with zero attached hydrogens (tertiary/aromatic N) is 1. The van der Waals surface area contributed by atoms with E-state index in [-0.39, 0.29) is 42.9 Å². The third kappa shape index (κ3) is 6.12. The first-order chi connectivity index (χ1) is 11.3. The number of benzene rings is 1. The molecule has 3 atom stereocenters. The maximum atomic E-state index is 12.2. The third-order valence-corrected chi connectivity index (χ3v) is 4.90. The maximum Gasteiger partial charge on any atom is 0.249 e. The first-order valence-corrected chi connectivity index (χ1v) is 8.67. The zero-order chi connectivity index (χ0) is 16.1. The summed E-state index contributed by atoms with van der Waals surface area (Å²) in [5.41, 5.74) is 6.93. The molecule has 0 saturated carbocycles. The molecule has 1 aromatic rings. The Balaban J connectivity index is 0.00000156. The molecule has 0 bridgehead atoms. The van der Waals surface area contributed by atoms with Crippen LogP contribution in [0.4, 0.5) is 0 Å². The minimum Gasteiger partial charge on any atom is -0.364 e. The lowest BCUT2D eigenvalue weighted by atomic mass is 10.1. The van der Waals surface area contributed by atoms with Gasteiger partial charge in [-0.1, -0.05) is 30.3 Å². The Labute approximate surface area is 162 Å². The van der Waals surface area contributed by atoms with E-state index in [1.807, 2.05) is 6.07 Å². The average Bonchev–Trinajstić information content (AvgIpc) is 3.23. The number of hydrogen-bond donors (Lipinski definition) is 2. The van der Waals surface area contributed by atoms with Gasteiger partial charge in [-0.3, -0.25) is 9.69 Å². The zero-order valence-electron chi connectivity index (χ0n) is 14.4. The molecule has 0 radical (unpaired) electrons. The van der Waals surface area contributed by atoms with Crippen LogP contribution in [0.25, 0.3) is 0 Å². The Morgan fingerprint density at radius 3 is 2.64 bits per heavy atom. The molecule has 5 nitrogen and oxygen atoms in total. The van der Waals surface area contributed by atoms with Gasteiger partial charge >= 0.3 is 0 Å². The van der Waals surface area contributed by atoms with Crippen molar-refractivity contribution in [3.63, 3.8) is 0 Å². The summed E-state index contributed by atoms with van der Waals surface area (Å²) < 4.78 is 5.66. The summed E-state index contributed by atoms with van der Waals surface area (Å²) >= 11 is 0. The van der Waals surface area contributed by atoms with Gasteiger partial charge in [0.25, 0.3) is 0 Å². The van der Waals surface area contributed by atoms with Crippen molar-refractivity contribution in [2.24, 2.45) is 5.73 Å². The molecule has 142 valence electrons. The van der Waals surface area contributed by atoms with Gasteiger partial charge in [0, 0.05) is 25.7 Å². The lowest BCUT2D eigenvalue weighted by Gasteiger charge is -2.25. The largest absolute Gasteiger partial charge is 0.364 e. The van der Waals surface area contributed by atoms with E-state index in [4.69, 9.17) is 10.5 Å². The number of ether oxygens (including phenoxy) is 1. The fourth-order valence-corrected chi connectivity index (χ4v) is 3.56. The average molecular weight is 390 g/mol. The molecule has 3 N–H and O–H groups in total. The van der Waals surface area contributed by atoms with Crippen molar-refractivity contribution in [3.05, 3.63) is 35.9 Å². The second kappa shape index (κ2) is 11.0. The Morgan fingerprint density at radius 2 is 1.96 bits per heavy atom. The van der Waals surface area contributed by atoms with Crippen LogP contribution < -0.4 is 11.1 Å². The van der Waals surface area contributed by atoms with Crippen LogP contribution in [0.15, 0.2) is 30.3 Å². The summed E-state index contributed by atoms with van der Waals surface area (Å²) in [7, 11) is 0. The lowest BCUT2D eigenvalue weighted by Crippen LogP contribution is -2.43. The standard InChI is InChI=1S/C18H27N3O2.2ClH/c19-11-16-8-9-17(23-16)18(22)20-12-15-7-4-10-21(15)13-14-5-2-1-3-6-14;;/h1-3,5-6,15-17H,4,7-13,19H2,(H,20,22);2*1H/t15?,16-,17+;;/m1../s1. The molecule has 2 saturated heterocycles. The molecule has 1 unspecified atom stereocenters. The van der Waals surface area contributed by atoms with Crippen LogP contribution in [0.3, 0.4) is 0 Å². The van der Waals surface area contributed by atoms with Crippen LogP contribution in [0, 0.1) is 0 Å². The van der Waals surface area contributed by atoms with E-state index in [1.165, 1.54) is 12.0 Å². The highest BCUT2D eigenvalue weighted by molar-refractivity contribution is 5.85. The first-order valence-electron chi connectivity index (χ1n) is 8.67. The van der Waals surface area contributed by atoms with Gasteiger partial charge in [0.2, 0.25) is 5.91 Å². The quantitative estimate of drug-likeness (QED) is 0.781. The van der Waals surface area contributed by atoms with Gasteiger partial charge in [-0.2, -0.15) is 0 Å². The number of halogens is 2. The van der Waals surface area contributed by atoms with Gasteiger partial charge in [-0.15, -0.1) is 24.8 Å². The van der Waals surface area contributed by atoms with Gasteiger partial charge in [-0.25, -0.2) is 0 Å². The number of carbonyl (C=O) groups excluding carboxylic acids is 1. The molecule has 0 aromatic heterocycles. The van der Waals surface area contributed by atoms with E-state index in [1.54, 1.807) is 0 Å². The van der Waals surface area contributed by atoms with Crippen molar-refractivity contribution < 1.29 is 9.53 Å². The number of likely N-dealkylation sites (tertiary alicyclic amines) is 1. The highest BCUT2D eigenvalue weighted by atomic mass is 35.5. The van der Waals surface area contributed by atoms with Crippen molar-refractivity contribution in [2.75, 3.05) is 19.6 Å². The number of nitrogens with two attached hydrogens (primary N) is 1. The molecule has 0 spiro atoms. The maximum absolute atomic E-state index is 12.2. The summed E-state index contributed by atoms with van der Waals surface area (Å²) in [6.07, 6.45) is 3.75. The highest BCUT2D eigenvalue weighted by Gasteiger charge is 2.31. The highest BCUT2D eigenvalue weighted by Crippen LogP contribution is 2.21. The second-order valence-corrected chi connectivity index (χ2v) is 6.56. The van der Waals surface area contributed by atoms with Crippen LogP contribution >= 0.6 is 24.8 Å². The molecule has 1 amide bonds. The normalized spacial score (nSPS) is 25.9. The summed E-state index contributed by atoms with van der Waals surface area (Å²) in [6, 6.07) is 10.9. The summed E-state index contributed by atoms with van der Waals surface area (Å²) in [6.45, 7) is 3.26. The van der Waals surface area contributed by atoms with Crippen molar-refractivity contribution in [1.29, 1.82) is 0 Å². The van der Waals surface area contributed by atoms with E-state index < -0.39 is 0 Å². The monoisotopic (exact) mass is 389 g/mol. The van der Waals surface area contributed by atoms with Crippen LogP contribution in [0.2, 0.25) is 0 Å². The topological polar surface area (TPSA) is 67.6 Å². The summed E-state index contributed by atoms with van der Waals surface area (Å²) in [5, 5.41) is 3.08. The van der Waals surface area contributed by atoms with Crippen LogP contribution in [0.5, 0.6) is 0 Å². The van der Waals surface area contributed by atoms with Crippen LogP contribution in [0.1, 0.15) is 31.2 Å². The van der Waals surface area contributed by atoms with Crippen molar-refractivity contribution in [3.8, 4) is 0 Å². The molecular weight excluding hydrogens is 361 g/mol. The van der Waals surface area contributed by atoms with Crippen LogP contribution in [-0.2, 0) is 16.1 Å². The second-order valence-electron chi connectivity index (χ2n) is 6.56. The van der Waals surface area contributed by atoms with E-state index in [9.17, 15) is 4.79 Å². The molecular formula is C18H29Cl2N3O2. The summed E-state index contributed by atoms with van der Waals surface area (Å²) in [5.74, 6) is 0.0208. The predicted octanol–water partition coefficient (Wildman–Crippen LogP) is 2.12. The fourth-order valence-electron chi connectivity index (χ4n) is 3.56. The van der Waals surface area contributed by atoms with E-state index in [0.29, 0.717) is 19.1 Å². The molecule has 1 aromatic carbocycles. The third-order valence-electron chi connectivity index (χ3n) is 4.90. The number of rotatable bonds is 6. The minimum absolute atomic E-state index is 0. The SMILES string of the molecule is Cl.Cl.NC[C@H]1CC[C@@H](C(=O)NCC2CCCN2Cc2ccccc2)O1. The Hall–Kier alpha value is -0.850. The molecule has 7 heteroatoms. The van der Waals surface area contributed by atoms with Gasteiger partial charge in [-0.05, 0) is 37.8 Å². The number of hydrogen-bond acceptors (Lipinski definition) is 4. The molecule has 2 fully saturated rings. The van der Waals surface area contributed by atoms with Gasteiger partial charge in [0.05, 0.1) is 6.10 Å². The van der Waals surface area contributed by atoms with Gasteiger partial charge in [0.1, 0.15) is 6.10 Å². The smallest absolute Gasteiger partial charge is 0.249 e. The van der Waals surface area contributed by atoms with Crippen LogP contribution in [-0.4, -0.2) is 48.7 Å². The fraction of sp³-hybridized carbons (Fsp3) is 0.611. The van der Waals surface area contributed by atoms with Gasteiger partial charge < -0.3 is 15.8 Å². The molecule has 0 aliphatic carbocycles. The number of amides is 1. The number of nitrogens with one attached hydrogen (secondary N) is 1. The summed E-state index contributed by atoms with van der Waals surface area (Å²) in [4.78, 5) is 14.7. The molecule has 2 aliphatic heterocycles. The van der Waals surface area contributed by atoms with E-state index in [2.05, 4.69) is 34.5 Å². The number of carbonyl (C=O) groups is 1. The Morgan fingerprint density at radius 1 is 1.20 bits per heavy atom. The minimum atomic E-state index is -0.312. The lowest BCUT2D eigenvalue weighted by molar-refractivity contribution is -0.132. The van der Waals surface area contributed by atoms with Crippen molar-refractivity contribution in [2.45, 2.75) is 50.5 Å². The molecule has 25 heavy (non-hydrogen) atoms. The van der Waals surface area contributed by atoms with Crippen molar-refractivity contribution >= 4 is 30.7 Å². The van der Waals surface area contributed by atoms with Gasteiger partial charge in [0.15, 0.2) is 0 Å². The van der Waals surface area contributed by atoms with Crippen molar-refractivity contribution in [1.82, 2.24) is 10.2 Å². The Bertz CT molecular complexity index is 518. The predicted molar refractivity (Wildman–Crippen MR) is 104 cm³/mol. The first kappa shape index (κ1) is 22.2.